The molecule has 6 nitrogen and oxygen atoms in total. The van der Waals surface area contributed by atoms with E-state index in [2.05, 4.69) is 49.0 Å². The number of nitrogens with two attached hydrogens (primary N) is 1. The summed E-state index contributed by atoms with van der Waals surface area (Å²) in [7, 11) is 0. The predicted octanol–water partition coefficient (Wildman–Crippen LogP) is 4.31. The normalized spacial score (nSPS) is 14.8. The third kappa shape index (κ3) is 3.64. The zero-order chi connectivity index (χ0) is 20.3. The number of H-pyrrole nitrogens is 2. The van der Waals surface area contributed by atoms with Crippen molar-refractivity contribution >= 4 is 27.8 Å². The molecule has 5 rings (SSSR count). The van der Waals surface area contributed by atoms with Crippen LogP contribution < -0.4 is 5.73 Å². The number of aromatic amines is 2. The number of benzene rings is 1. The summed E-state index contributed by atoms with van der Waals surface area (Å²) in [6, 6.07) is 8.28. The molecule has 0 atom stereocenters. The third-order valence-electron chi connectivity index (χ3n) is 5.92. The quantitative estimate of drug-likeness (QED) is 0.353. The summed E-state index contributed by atoms with van der Waals surface area (Å²) >= 11 is 0. The standard InChI is InChI=1S/C24H26N6/c25-23-21-16-18(19-8-10-26-24-20(19)9-11-27-24)15-17(22(21)28-29-23)7-3-1-4-12-30-13-5-2-6-14-30/h8-11,15-16H,1-2,4-6,12-14H2,(H,26,27)(H3,25,28,29). The second kappa shape index (κ2) is 8.21. The van der Waals surface area contributed by atoms with Crippen molar-refractivity contribution in [3.8, 4) is 23.0 Å². The molecule has 30 heavy (non-hydrogen) atoms. The first-order valence-electron chi connectivity index (χ1n) is 10.7. The summed E-state index contributed by atoms with van der Waals surface area (Å²) in [5, 5.41) is 9.26. The van der Waals surface area contributed by atoms with Crippen molar-refractivity contribution in [2.45, 2.75) is 32.1 Å². The second-order valence-corrected chi connectivity index (χ2v) is 7.96. The number of likely N-dealkylation sites (tertiary alicyclic amines) is 1. The molecule has 1 aromatic carbocycles. The van der Waals surface area contributed by atoms with Crippen LogP contribution in [0.4, 0.5) is 5.82 Å². The molecule has 1 aliphatic rings. The first kappa shape index (κ1) is 18.7. The van der Waals surface area contributed by atoms with Crippen molar-refractivity contribution in [1.82, 2.24) is 25.1 Å². The van der Waals surface area contributed by atoms with Gasteiger partial charge in [-0.1, -0.05) is 18.3 Å². The Morgan fingerprint density at radius 3 is 2.90 bits per heavy atom. The van der Waals surface area contributed by atoms with Gasteiger partial charge in [0.15, 0.2) is 5.82 Å². The van der Waals surface area contributed by atoms with Gasteiger partial charge in [0, 0.05) is 29.6 Å². The van der Waals surface area contributed by atoms with Crippen LogP contribution in [0, 0.1) is 11.8 Å². The van der Waals surface area contributed by atoms with Crippen LogP contribution in [0.5, 0.6) is 0 Å². The number of rotatable bonds is 4. The second-order valence-electron chi connectivity index (χ2n) is 7.96. The van der Waals surface area contributed by atoms with E-state index in [1.807, 2.05) is 24.5 Å². The minimum Gasteiger partial charge on any atom is -0.382 e. The van der Waals surface area contributed by atoms with Gasteiger partial charge in [-0.3, -0.25) is 5.10 Å². The van der Waals surface area contributed by atoms with E-state index in [1.165, 1.54) is 32.4 Å². The highest BCUT2D eigenvalue weighted by molar-refractivity contribution is 6.00. The Bertz CT molecular complexity index is 1230. The van der Waals surface area contributed by atoms with Gasteiger partial charge in [-0.25, -0.2) is 4.98 Å². The zero-order valence-corrected chi connectivity index (χ0v) is 17.0. The molecule has 0 bridgehead atoms. The van der Waals surface area contributed by atoms with Gasteiger partial charge in [-0.15, -0.1) is 0 Å². The smallest absolute Gasteiger partial charge is 0.153 e. The Hall–Kier alpha value is -3.30. The molecule has 4 N–H and O–H groups in total. The van der Waals surface area contributed by atoms with Gasteiger partial charge < -0.3 is 15.6 Å². The maximum atomic E-state index is 6.13. The molecule has 1 aliphatic heterocycles. The minimum absolute atomic E-state index is 0.499. The number of hydrogen-bond donors (Lipinski definition) is 3. The summed E-state index contributed by atoms with van der Waals surface area (Å²) in [5.74, 6) is 7.24. The van der Waals surface area contributed by atoms with Crippen LogP contribution in [0.15, 0.2) is 36.7 Å². The molecular formula is C24H26N6. The summed E-state index contributed by atoms with van der Waals surface area (Å²) in [4.78, 5) is 10.1. The van der Waals surface area contributed by atoms with E-state index >= 15 is 0 Å². The van der Waals surface area contributed by atoms with E-state index in [-0.39, 0.29) is 0 Å². The van der Waals surface area contributed by atoms with Gasteiger partial charge in [0.2, 0.25) is 0 Å². The maximum Gasteiger partial charge on any atom is 0.153 e. The Morgan fingerprint density at radius 1 is 1.10 bits per heavy atom. The lowest BCUT2D eigenvalue weighted by Gasteiger charge is -2.25. The van der Waals surface area contributed by atoms with Crippen molar-refractivity contribution < 1.29 is 0 Å². The van der Waals surface area contributed by atoms with E-state index in [0.717, 1.165) is 58.0 Å². The molecule has 152 valence electrons. The highest BCUT2D eigenvalue weighted by Gasteiger charge is 2.12. The topological polar surface area (TPSA) is 86.6 Å². The highest BCUT2D eigenvalue weighted by Crippen LogP contribution is 2.32. The lowest BCUT2D eigenvalue weighted by molar-refractivity contribution is 0.227. The molecule has 4 aromatic rings. The van der Waals surface area contributed by atoms with E-state index in [9.17, 15) is 0 Å². The lowest BCUT2D eigenvalue weighted by atomic mass is 9.99. The summed E-state index contributed by atoms with van der Waals surface area (Å²) < 4.78 is 0. The molecule has 0 unspecified atom stereocenters. The van der Waals surface area contributed by atoms with E-state index in [0.29, 0.717) is 5.82 Å². The maximum absolute atomic E-state index is 6.13. The van der Waals surface area contributed by atoms with Gasteiger partial charge in [-0.05, 0) is 74.3 Å². The first-order chi connectivity index (χ1) is 14.8. The van der Waals surface area contributed by atoms with Crippen LogP contribution in [-0.4, -0.2) is 44.7 Å². The third-order valence-corrected chi connectivity index (χ3v) is 5.92. The number of hydrogen-bond acceptors (Lipinski definition) is 4. The Labute approximate surface area is 175 Å². The minimum atomic E-state index is 0.499. The number of aromatic nitrogens is 4. The monoisotopic (exact) mass is 398 g/mol. The van der Waals surface area contributed by atoms with Gasteiger partial charge in [0.1, 0.15) is 5.65 Å². The van der Waals surface area contributed by atoms with E-state index < -0.39 is 0 Å². The number of pyridine rings is 1. The molecular weight excluding hydrogens is 372 g/mol. The Morgan fingerprint density at radius 2 is 2.00 bits per heavy atom. The van der Waals surface area contributed by atoms with Crippen LogP contribution in [0.25, 0.3) is 33.1 Å². The SMILES string of the molecule is Nc1n[nH]c2c(C#CCCCN3CCCCC3)cc(-c3ccnc4[nH]ccc34)cc12. The molecule has 4 heterocycles. The van der Waals surface area contributed by atoms with Crippen molar-refractivity contribution in [2.75, 3.05) is 25.4 Å². The van der Waals surface area contributed by atoms with Crippen molar-refractivity contribution in [3.05, 3.63) is 42.2 Å². The molecule has 0 spiro atoms. The molecule has 0 aliphatic carbocycles. The number of nitrogens with zero attached hydrogens (tertiary/aromatic N) is 3. The van der Waals surface area contributed by atoms with Crippen molar-refractivity contribution in [1.29, 1.82) is 0 Å². The van der Waals surface area contributed by atoms with Crippen molar-refractivity contribution in [3.63, 3.8) is 0 Å². The number of piperidine rings is 1. The van der Waals surface area contributed by atoms with Crippen LogP contribution in [0.3, 0.4) is 0 Å². The zero-order valence-electron chi connectivity index (χ0n) is 17.0. The average molecular weight is 399 g/mol. The molecule has 1 saturated heterocycles. The number of fused-ring (bicyclic) bond motifs is 2. The van der Waals surface area contributed by atoms with E-state index in [4.69, 9.17) is 5.73 Å². The van der Waals surface area contributed by atoms with Crippen LogP contribution in [-0.2, 0) is 0 Å². The predicted molar refractivity (Wildman–Crippen MR) is 122 cm³/mol. The van der Waals surface area contributed by atoms with Gasteiger partial charge in [0.05, 0.1) is 11.1 Å². The molecule has 6 heteroatoms. The average Bonchev–Trinajstić information content (AvgIpc) is 3.41. The summed E-state index contributed by atoms with van der Waals surface area (Å²) in [5.41, 5.74) is 11.0. The molecule has 0 radical (unpaired) electrons. The number of nitrogens with one attached hydrogen (secondary N) is 2. The van der Waals surface area contributed by atoms with Crippen LogP contribution >= 0.6 is 0 Å². The lowest BCUT2D eigenvalue weighted by Crippen LogP contribution is -2.30. The largest absolute Gasteiger partial charge is 0.382 e. The fourth-order valence-electron chi connectivity index (χ4n) is 4.34. The highest BCUT2D eigenvalue weighted by atomic mass is 15.2. The summed E-state index contributed by atoms with van der Waals surface area (Å²) in [6.45, 7) is 3.62. The van der Waals surface area contributed by atoms with Gasteiger partial charge in [-0.2, -0.15) is 5.10 Å². The summed E-state index contributed by atoms with van der Waals surface area (Å²) in [6.07, 6.45) is 9.78. The molecule has 1 fully saturated rings. The Balaban J connectivity index is 1.43. The fraction of sp³-hybridized carbons (Fsp3) is 0.333. The number of unbranched alkanes of at least 4 members (excludes halogenated alkanes) is 1. The van der Waals surface area contributed by atoms with Crippen molar-refractivity contribution in [2.24, 2.45) is 0 Å². The Kier molecular flexibility index (Phi) is 5.12. The fourth-order valence-corrected chi connectivity index (χ4v) is 4.34. The van der Waals surface area contributed by atoms with E-state index in [1.54, 1.807) is 0 Å². The molecule has 0 saturated carbocycles. The van der Waals surface area contributed by atoms with Gasteiger partial charge in [0.25, 0.3) is 0 Å². The number of nitrogen functional groups attached to an aromatic ring is 1. The first-order valence-corrected chi connectivity index (χ1v) is 10.7. The molecule has 3 aromatic heterocycles. The van der Waals surface area contributed by atoms with Crippen LogP contribution in [0.1, 0.15) is 37.7 Å². The van der Waals surface area contributed by atoms with Gasteiger partial charge >= 0.3 is 0 Å². The molecule has 0 amide bonds. The van der Waals surface area contributed by atoms with Crippen LogP contribution in [0.2, 0.25) is 0 Å². The number of anilines is 1.